The molecule has 0 N–H and O–H groups in total. The molecule has 1 aromatic heterocycles. The molecule has 162 valence electrons. The number of carbonyl (C=O) groups excluding carboxylic acids is 1. The number of carbonyl (C=O) groups is 1. The normalized spacial score (nSPS) is 11.1. The molecule has 0 spiro atoms. The summed E-state index contributed by atoms with van der Waals surface area (Å²) in [6, 6.07) is 8.55. The van der Waals surface area contributed by atoms with Gasteiger partial charge in [-0.15, -0.1) is 12.4 Å². The van der Waals surface area contributed by atoms with Crippen LogP contribution in [0.15, 0.2) is 24.3 Å². The predicted octanol–water partition coefficient (Wildman–Crippen LogP) is 5.40. The highest BCUT2D eigenvalue weighted by Gasteiger charge is 2.22. The van der Waals surface area contributed by atoms with Gasteiger partial charge in [0, 0.05) is 13.1 Å². The molecule has 0 aliphatic rings. The summed E-state index contributed by atoms with van der Waals surface area (Å²) in [5.41, 5.74) is 8.09. The quantitative estimate of drug-likeness (QED) is 0.509. The fourth-order valence-electron chi connectivity index (χ4n) is 3.73. The molecule has 0 aliphatic heterocycles. The van der Waals surface area contributed by atoms with Crippen molar-refractivity contribution in [3.05, 3.63) is 57.6 Å². The van der Waals surface area contributed by atoms with E-state index in [0.717, 1.165) is 28.3 Å². The smallest absolute Gasteiger partial charge is 0.233 e. The monoisotopic (exact) mass is 445 g/mol. The van der Waals surface area contributed by atoms with E-state index in [1.165, 1.54) is 27.0 Å². The average molecular weight is 446 g/mol. The summed E-state index contributed by atoms with van der Waals surface area (Å²) in [4.78, 5) is 22.3. The Morgan fingerprint density at radius 1 is 0.933 bits per heavy atom. The van der Waals surface area contributed by atoms with E-state index < -0.39 is 0 Å². The Balaban J connectivity index is 0.00000320. The second-order valence-corrected chi connectivity index (χ2v) is 9.25. The van der Waals surface area contributed by atoms with Gasteiger partial charge in [-0.3, -0.25) is 9.69 Å². The summed E-state index contributed by atoms with van der Waals surface area (Å²) in [6.07, 6.45) is 0.402. The molecule has 3 rings (SSSR count). The Kier molecular flexibility index (Phi) is 8.03. The van der Waals surface area contributed by atoms with Gasteiger partial charge in [-0.1, -0.05) is 41.2 Å². The first-order valence-electron chi connectivity index (χ1n) is 10.1. The molecule has 2 aromatic carbocycles. The highest BCUT2D eigenvalue weighted by molar-refractivity contribution is 7.22. The van der Waals surface area contributed by atoms with Crippen LogP contribution in [0, 0.1) is 34.6 Å². The lowest BCUT2D eigenvalue weighted by Crippen LogP contribution is -2.37. The van der Waals surface area contributed by atoms with Crippen molar-refractivity contribution >= 4 is 45.0 Å². The first-order chi connectivity index (χ1) is 13.7. The third kappa shape index (κ3) is 5.20. The number of fused-ring (bicyclic) bond motifs is 1. The van der Waals surface area contributed by atoms with Gasteiger partial charge in [0.25, 0.3) is 0 Å². The minimum Gasteiger partial charge on any atom is -0.308 e. The highest BCUT2D eigenvalue weighted by Crippen LogP contribution is 2.33. The van der Waals surface area contributed by atoms with Crippen molar-refractivity contribution in [2.45, 2.75) is 41.0 Å². The van der Waals surface area contributed by atoms with Gasteiger partial charge in [0.2, 0.25) is 5.91 Å². The van der Waals surface area contributed by atoms with Crippen LogP contribution in [0.2, 0.25) is 0 Å². The summed E-state index contributed by atoms with van der Waals surface area (Å²) >= 11 is 1.62. The standard InChI is InChI=1S/C24H31N3OS.ClH/c1-15-12-18(4)20(19(5)13-15)14-21(28)27(11-10-26(6)7)24-25-22-16(2)8-9-17(3)23(22)29-24;/h8-9,12-13H,10-11,14H2,1-7H3;1H. The van der Waals surface area contributed by atoms with Crippen molar-refractivity contribution < 1.29 is 4.79 Å². The Morgan fingerprint density at radius 2 is 1.53 bits per heavy atom. The van der Waals surface area contributed by atoms with Crippen LogP contribution >= 0.6 is 23.7 Å². The molecule has 0 saturated heterocycles. The van der Waals surface area contributed by atoms with Crippen LogP contribution < -0.4 is 4.90 Å². The zero-order valence-electron chi connectivity index (χ0n) is 19.0. The molecule has 0 bridgehead atoms. The van der Waals surface area contributed by atoms with Crippen molar-refractivity contribution in [1.82, 2.24) is 9.88 Å². The summed E-state index contributed by atoms with van der Waals surface area (Å²) in [7, 11) is 4.06. The molecule has 1 amide bonds. The summed E-state index contributed by atoms with van der Waals surface area (Å²) in [6.45, 7) is 11.9. The molecular weight excluding hydrogens is 414 g/mol. The zero-order chi connectivity index (χ0) is 21.3. The number of halogens is 1. The van der Waals surface area contributed by atoms with Gasteiger partial charge >= 0.3 is 0 Å². The molecule has 0 fully saturated rings. The lowest BCUT2D eigenvalue weighted by Gasteiger charge is -2.23. The van der Waals surface area contributed by atoms with Gasteiger partial charge in [-0.2, -0.15) is 0 Å². The van der Waals surface area contributed by atoms with E-state index in [0.29, 0.717) is 13.0 Å². The van der Waals surface area contributed by atoms with E-state index in [-0.39, 0.29) is 18.3 Å². The number of hydrogen-bond acceptors (Lipinski definition) is 4. The van der Waals surface area contributed by atoms with Crippen LogP contribution in [-0.4, -0.2) is 43.0 Å². The molecule has 0 unspecified atom stereocenters. The number of likely N-dealkylation sites (N-methyl/N-ethyl adjacent to an activating group) is 1. The zero-order valence-corrected chi connectivity index (χ0v) is 20.6. The van der Waals surface area contributed by atoms with E-state index in [2.05, 4.69) is 63.8 Å². The number of anilines is 1. The van der Waals surface area contributed by atoms with Crippen LogP contribution in [0.4, 0.5) is 5.13 Å². The van der Waals surface area contributed by atoms with Gasteiger partial charge < -0.3 is 4.90 Å². The third-order valence-corrected chi connectivity index (χ3v) is 6.62. The first kappa shape index (κ1) is 24.3. The van der Waals surface area contributed by atoms with Crippen molar-refractivity contribution in [2.24, 2.45) is 0 Å². The lowest BCUT2D eigenvalue weighted by atomic mass is 9.97. The fraction of sp³-hybridized carbons (Fsp3) is 0.417. The van der Waals surface area contributed by atoms with Crippen molar-refractivity contribution in [3.8, 4) is 0 Å². The summed E-state index contributed by atoms with van der Waals surface area (Å²) in [5, 5.41) is 0.798. The predicted molar refractivity (Wildman–Crippen MR) is 132 cm³/mol. The van der Waals surface area contributed by atoms with Gasteiger partial charge in [0.05, 0.1) is 16.6 Å². The number of aromatic nitrogens is 1. The summed E-state index contributed by atoms with van der Waals surface area (Å²) in [5.74, 6) is 0.108. The number of rotatable bonds is 6. The summed E-state index contributed by atoms with van der Waals surface area (Å²) < 4.78 is 1.17. The maximum atomic E-state index is 13.4. The number of benzene rings is 2. The molecule has 0 saturated carbocycles. The Bertz CT molecular complexity index is 996. The number of hydrogen-bond donors (Lipinski definition) is 0. The lowest BCUT2D eigenvalue weighted by molar-refractivity contribution is -0.118. The van der Waals surface area contributed by atoms with E-state index in [4.69, 9.17) is 4.98 Å². The highest BCUT2D eigenvalue weighted by atomic mass is 35.5. The van der Waals surface area contributed by atoms with Crippen LogP contribution in [0.25, 0.3) is 10.2 Å². The number of aryl methyl sites for hydroxylation is 5. The molecular formula is C24H32ClN3OS. The van der Waals surface area contributed by atoms with Gasteiger partial charge in [0.1, 0.15) is 0 Å². The molecule has 0 radical (unpaired) electrons. The van der Waals surface area contributed by atoms with Crippen LogP contribution in [0.5, 0.6) is 0 Å². The van der Waals surface area contributed by atoms with Crippen molar-refractivity contribution in [3.63, 3.8) is 0 Å². The van der Waals surface area contributed by atoms with Crippen LogP contribution in [0.3, 0.4) is 0 Å². The number of thiazole rings is 1. The third-order valence-electron chi connectivity index (χ3n) is 5.40. The minimum absolute atomic E-state index is 0. The van der Waals surface area contributed by atoms with Crippen molar-refractivity contribution in [2.75, 3.05) is 32.1 Å². The van der Waals surface area contributed by atoms with E-state index in [1.807, 2.05) is 19.0 Å². The van der Waals surface area contributed by atoms with Gasteiger partial charge in [-0.05, 0) is 76.5 Å². The maximum Gasteiger partial charge on any atom is 0.233 e. The van der Waals surface area contributed by atoms with Crippen LogP contribution in [0.1, 0.15) is 33.4 Å². The van der Waals surface area contributed by atoms with Gasteiger partial charge in [-0.25, -0.2) is 4.98 Å². The molecule has 6 heteroatoms. The van der Waals surface area contributed by atoms with Gasteiger partial charge in [0.15, 0.2) is 5.13 Å². The largest absolute Gasteiger partial charge is 0.308 e. The average Bonchev–Trinajstić information content (AvgIpc) is 3.07. The second-order valence-electron chi connectivity index (χ2n) is 8.28. The molecule has 4 nitrogen and oxygen atoms in total. The minimum atomic E-state index is 0. The van der Waals surface area contributed by atoms with Crippen molar-refractivity contribution in [1.29, 1.82) is 0 Å². The molecule has 0 aliphatic carbocycles. The fourth-order valence-corrected chi connectivity index (χ4v) is 4.88. The topological polar surface area (TPSA) is 36.4 Å². The SMILES string of the molecule is Cc1cc(C)c(CC(=O)N(CCN(C)C)c2nc3c(C)ccc(C)c3s2)c(C)c1.Cl. The first-order valence-corrected chi connectivity index (χ1v) is 10.9. The molecule has 30 heavy (non-hydrogen) atoms. The Labute approximate surface area is 190 Å². The number of nitrogens with zero attached hydrogens (tertiary/aromatic N) is 3. The van der Waals surface area contributed by atoms with Crippen LogP contribution in [-0.2, 0) is 11.2 Å². The molecule has 3 aromatic rings. The maximum absolute atomic E-state index is 13.4. The molecule has 0 atom stereocenters. The Hall–Kier alpha value is -1.95. The molecule has 1 heterocycles. The van der Waals surface area contributed by atoms with E-state index >= 15 is 0 Å². The Morgan fingerprint density at radius 3 is 2.10 bits per heavy atom. The van der Waals surface area contributed by atoms with E-state index in [9.17, 15) is 4.79 Å². The second kappa shape index (κ2) is 9.90. The number of amides is 1. The van der Waals surface area contributed by atoms with E-state index in [1.54, 1.807) is 11.3 Å².